The minimum absolute atomic E-state index is 0.0213. The Morgan fingerprint density at radius 1 is 0.829 bits per heavy atom. The minimum atomic E-state index is -3.83. The van der Waals surface area contributed by atoms with Gasteiger partial charge in [-0.1, -0.05) is 30.3 Å². The summed E-state index contributed by atoms with van der Waals surface area (Å²) in [6.45, 7) is 2.57. The Balaban J connectivity index is 1.64. The van der Waals surface area contributed by atoms with Crippen LogP contribution in [0.25, 0.3) is 22.0 Å². The molecule has 0 saturated heterocycles. The third-order valence-electron chi connectivity index (χ3n) is 5.14. The van der Waals surface area contributed by atoms with Gasteiger partial charge in [0.05, 0.1) is 27.3 Å². The molecule has 0 saturated carbocycles. The zero-order valence-electron chi connectivity index (χ0n) is 18.7. The Labute approximate surface area is 203 Å². The summed E-state index contributed by atoms with van der Waals surface area (Å²) in [5, 5.41) is 14.2. The summed E-state index contributed by atoms with van der Waals surface area (Å²) in [5.41, 5.74) is 2.86. The number of ether oxygens (including phenoxy) is 1. The highest BCUT2D eigenvalue weighted by atomic mass is 32.2. The largest absolute Gasteiger partial charge is 0.477 e. The van der Waals surface area contributed by atoms with Crippen molar-refractivity contribution < 1.29 is 21.6 Å². The molecule has 1 aromatic heterocycles. The molecule has 0 radical (unpaired) electrons. The lowest BCUT2D eigenvalue weighted by Gasteiger charge is -2.12. The van der Waals surface area contributed by atoms with Gasteiger partial charge in [-0.05, 0) is 60.0 Å². The second-order valence-electron chi connectivity index (χ2n) is 7.63. The zero-order chi connectivity index (χ0) is 25.2. The fourth-order valence-corrected chi connectivity index (χ4v) is 4.51. The maximum atomic E-state index is 11.7. The summed E-state index contributed by atoms with van der Waals surface area (Å²) in [4.78, 5) is 9.08. The van der Waals surface area contributed by atoms with Crippen molar-refractivity contribution in [3.05, 3.63) is 72.3 Å². The van der Waals surface area contributed by atoms with Crippen LogP contribution in [0.4, 0.5) is 5.95 Å². The van der Waals surface area contributed by atoms with Crippen LogP contribution in [0, 0.1) is 0 Å². The normalized spacial score (nSPS) is 12.0. The summed E-state index contributed by atoms with van der Waals surface area (Å²) >= 11 is 0. The SMILES string of the molecule is CCOc1nc(NCc2ccc(S(N)(=O)=O)cc2)nc2ccc(-c3cccc(S(N)(=O)=O)c3)cc12. The second kappa shape index (κ2) is 9.58. The molecule has 4 aromatic rings. The summed E-state index contributed by atoms with van der Waals surface area (Å²) < 4.78 is 52.0. The minimum Gasteiger partial charge on any atom is -0.477 e. The Morgan fingerprint density at radius 2 is 1.51 bits per heavy atom. The predicted octanol–water partition coefficient (Wildman–Crippen LogP) is 2.60. The van der Waals surface area contributed by atoms with E-state index >= 15 is 0 Å². The van der Waals surface area contributed by atoms with Crippen molar-refractivity contribution in [2.45, 2.75) is 23.3 Å². The van der Waals surface area contributed by atoms with Gasteiger partial charge in [-0.2, -0.15) is 4.98 Å². The third-order valence-corrected chi connectivity index (χ3v) is 6.98. The van der Waals surface area contributed by atoms with Crippen LogP contribution in [0.5, 0.6) is 5.88 Å². The van der Waals surface area contributed by atoms with Crippen molar-refractivity contribution in [3.8, 4) is 17.0 Å². The molecule has 0 aliphatic rings. The number of fused-ring (bicyclic) bond motifs is 1. The number of rotatable bonds is 8. The van der Waals surface area contributed by atoms with Crippen LogP contribution in [-0.4, -0.2) is 33.4 Å². The highest BCUT2D eigenvalue weighted by Crippen LogP contribution is 2.30. The van der Waals surface area contributed by atoms with E-state index in [4.69, 9.17) is 15.0 Å². The molecule has 4 rings (SSSR count). The number of primary sulfonamides is 2. The van der Waals surface area contributed by atoms with Crippen LogP contribution in [0.15, 0.2) is 76.5 Å². The van der Waals surface area contributed by atoms with Crippen molar-refractivity contribution in [2.75, 3.05) is 11.9 Å². The number of benzene rings is 3. The molecule has 0 unspecified atom stereocenters. The van der Waals surface area contributed by atoms with Crippen LogP contribution >= 0.6 is 0 Å². The molecule has 0 bridgehead atoms. The maximum Gasteiger partial charge on any atom is 0.238 e. The number of nitrogens with two attached hydrogens (primary N) is 2. The van der Waals surface area contributed by atoms with Gasteiger partial charge in [-0.25, -0.2) is 32.1 Å². The molecule has 35 heavy (non-hydrogen) atoms. The molecule has 0 amide bonds. The van der Waals surface area contributed by atoms with E-state index in [-0.39, 0.29) is 9.79 Å². The van der Waals surface area contributed by atoms with Gasteiger partial charge in [-0.3, -0.25) is 0 Å². The molecule has 10 nitrogen and oxygen atoms in total. The fourth-order valence-electron chi connectivity index (χ4n) is 3.44. The lowest BCUT2D eigenvalue weighted by Crippen LogP contribution is -2.12. The standard InChI is InChI=1S/C23H23N5O5S2/c1-2-33-22-20-13-17(16-4-3-5-19(12-16)35(25,31)32)8-11-21(20)27-23(28-22)26-14-15-6-9-18(10-7-15)34(24,29)30/h3-13H,2,14H2,1H3,(H2,24,29,30)(H2,25,31,32)(H,26,27,28). The van der Waals surface area contributed by atoms with E-state index in [1.165, 1.54) is 24.3 Å². The maximum absolute atomic E-state index is 11.7. The van der Waals surface area contributed by atoms with Crippen molar-refractivity contribution in [3.63, 3.8) is 0 Å². The average Bonchev–Trinajstić information content (AvgIpc) is 2.82. The van der Waals surface area contributed by atoms with Crippen molar-refractivity contribution >= 4 is 36.9 Å². The molecule has 5 N–H and O–H groups in total. The first-order valence-electron chi connectivity index (χ1n) is 10.5. The Kier molecular flexibility index (Phi) is 6.72. The summed E-state index contributed by atoms with van der Waals surface area (Å²) in [7, 11) is -7.58. The van der Waals surface area contributed by atoms with Gasteiger partial charge in [0.25, 0.3) is 0 Å². The Morgan fingerprint density at radius 3 is 2.17 bits per heavy atom. The molecule has 182 valence electrons. The smallest absolute Gasteiger partial charge is 0.238 e. The molecule has 0 fully saturated rings. The lowest BCUT2D eigenvalue weighted by molar-refractivity contribution is 0.331. The number of nitrogens with one attached hydrogen (secondary N) is 1. The Bertz CT molecular complexity index is 1610. The van der Waals surface area contributed by atoms with Crippen molar-refractivity contribution in [2.24, 2.45) is 10.3 Å². The molecule has 0 aliphatic carbocycles. The lowest BCUT2D eigenvalue weighted by atomic mass is 10.0. The van der Waals surface area contributed by atoms with Gasteiger partial charge >= 0.3 is 0 Å². The van der Waals surface area contributed by atoms with Gasteiger partial charge in [-0.15, -0.1) is 0 Å². The van der Waals surface area contributed by atoms with E-state index in [0.29, 0.717) is 41.4 Å². The van der Waals surface area contributed by atoms with Gasteiger partial charge in [0.1, 0.15) is 0 Å². The molecular formula is C23H23N5O5S2. The van der Waals surface area contributed by atoms with Crippen LogP contribution in [0.1, 0.15) is 12.5 Å². The summed E-state index contributed by atoms with van der Waals surface area (Å²) in [5.74, 6) is 0.703. The predicted molar refractivity (Wildman–Crippen MR) is 133 cm³/mol. The number of anilines is 1. The van der Waals surface area contributed by atoms with E-state index in [9.17, 15) is 16.8 Å². The fraction of sp³-hybridized carbons (Fsp3) is 0.130. The van der Waals surface area contributed by atoms with Gasteiger partial charge in [0, 0.05) is 6.54 Å². The first kappa shape index (κ1) is 24.5. The highest BCUT2D eigenvalue weighted by molar-refractivity contribution is 7.89. The summed E-state index contributed by atoms with van der Waals surface area (Å²) in [6, 6.07) is 18.0. The van der Waals surface area contributed by atoms with E-state index in [0.717, 1.165) is 11.1 Å². The highest BCUT2D eigenvalue weighted by Gasteiger charge is 2.13. The van der Waals surface area contributed by atoms with Crippen LogP contribution in [-0.2, 0) is 26.6 Å². The number of hydrogen-bond acceptors (Lipinski definition) is 8. The summed E-state index contributed by atoms with van der Waals surface area (Å²) in [6.07, 6.45) is 0. The van der Waals surface area contributed by atoms with Gasteiger partial charge in [0.15, 0.2) is 0 Å². The average molecular weight is 514 g/mol. The third kappa shape index (κ3) is 5.74. The van der Waals surface area contributed by atoms with E-state index in [1.807, 2.05) is 19.1 Å². The molecule has 3 aromatic carbocycles. The van der Waals surface area contributed by atoms with Crippen LogP contribution < -0.4 is 20.3 Å². The van der Waals surface area contributed by atoms with Gasteiger partial charge < -0.3 is 10.1 Å². The molecule has 12 heteroatoms. The van der Waals surface area contributed by atoms with Crippen LogP contribution in [0.3, 0.4) is 0 Å². The van der Waals surface area contributed by atoms with Gasteiger partial charge in [0.2, 0.25) is 31.9 Å². The molecule has 1 heterocycles. The zero-order valence-corrected chi connectivity index (χ0v) is 20.3. The van der Waals surface area contributed by atoms with Crippen molar-refractivity contribution in [1.29, 1.82) is 0 Å². The van der Waals surface area contributed by atoms with Crippen molar-refractivity contribution in [1.82, 2.24) is 9.97 Å². The number of hydrogen-bond donors (Lipinski definition) is 3. The number of sulfonamides is 2. The molecule has 0 spiro atoms. The number of nitrogens with zero attached hydrogens (tertiary/aromatic N) is 2. The first-order chi connectivity index (χ1) is 16.5. The van der Waals surface area contributed by atoms with E-state index in [1.54, 1.807) is 30.3 Å². The molecular weight excluding hydrogens is 490 g/mol. The Hall–Kier alpha value is -3.58. The van der Waals surface area contributed by atoms with E-state index < -0.39 is 20.0 Å². The quantitative estimate of drug-likeness (QED) is 0.323. The first-order valence-corrected chi connectivity index (χ1v) is 13.6. The molecule has 0 atom stereocenters. The molecule has 0 aliphatic heterocycles. The second-order valence-corrected chi connectivity index (χ2v) is 10.8. The number of aromatic nitrogens is 2. The van der Waals surface area contributed by atoms with Crippen LogP contribution in [0.2, 0.25) is 0 Å². The monoisotopic (exact) mass is 513 g/mol. The van der Waals surface area contributed by atoms with E-state index in [2.05, 4.69) is 15.3 Å². The topological polar surface area (TPSA) is 167 Å².